The van der Waals surface area contributed by atoms with E-state index in [1.165, 1.54) is 18.2 Å². The minimum atomic E-state index is -1.10. The summed E-state index contributed by atoms with van der Waals surface area (Å²) >= 11 is 0. The molecule has 1 aromatic rings. The van der Waals surface area contributed by atoms with Crippen LogP contribution in [0.2, 0.25) is 0 Å². The SMILES string of the molecule is NC(=O)C1CCCCN1c1cc(F)cc(/C=C/C(=O)O)c1. The zero-order valence-corrected chi connectivity index (χ0v) is 11.5. The number of carboxylic acid groups (broad SMARTS) is 1. The molecule has 1 atom stereocenters. The minimum Gasteiger partial charge on any atom is -0.478 e. The number of piperidine rings is 1. The van der Waals surface area contributed by atoms with Gasteiger partial charge in [-0.25, -0.2) is 9.18 Å². The summed E-state index contributed by atoms with van der Waals surface area (Å²) in [7, 11) is 0. The average Bonchev–Trinajstić information content (AvgIpc) is 2.44. The number of hydrogen-bond acceptors (Lipinski definition) is 3. The van der Waals surface area contributed by atoms with Gasteiger partial charge in [-0.1, -0.05) is 0 Å². The first kappa shape index (κ1) is 15.0. The van der Waals surface area contributed by atoms with Crippen molar-refractivity contribution in [2.24, 2.45) is 5.73 Å². The summed E-state index contributed by atoms with van der Waals surface area (Å²) in [6, 6.07) is 3.78. The number of rotatable bonds is 4. The van der Waals surface area contributed by atoms with Crippen molar-refractivity contribution in [2.75, 3.05) is 11.4 Å². The topological polar surface area (TPSA) is 83.6 Å². The maximum absolute atomic E-state index is 13.7. The number of amides is 1. The predicted octanol–water partition coefficient (Wildman–Crippen LogP) is 1.77. The molecule has 2 rings (SSSR count). The minimum absolute atomic E-state index is 0.429. The van der Waals surface area contributed by atoms with Crippen LogP contribution in [0.3, 0.4) is 0 Å². The van der Waals surface area contributed by atoms with Gasteiger partial charge in [0, 0.05) is 18.3 Å². The second kappa shape index (κ2) is 6.39. The number of carboxylic acids is 1. The van der Waals surface area contributed by atoms with E-state index in [1.807, 2.05) is 0 Å². The highest BCUT2D eigenvalue weighted by Gasteiger charge is 2.27. The lowest BCUT2D eigenvalue weighted by molar-refractivity contribution is -0.131. The fraction of sp³-hybridized carbons (Fsp3) is 0.333. The van der Waals surface area contributed by atoms with Crippen LogP contribution in [0.1, 0.15) is 24.8 Å². The number of anilines is 1. The molecular weight excluding hydrogens is 275 g/mol. The quantitative estimate of drug-likeness (QED) is 0.828. The monoisotopic (exact) mass is 292 g/mol. The summed E-state index contributed by atoms with van der Waals surface area (Å²) in [5, 5.41) is 8.62. The molecule has 0 saturated carbocycles. The van der Waals surface area contributed by atoms with Crippen molar-refractivity contribution >= 4 is 23.6 Å². The summed E-state index contributed by atoms with van der Waals surface area (Å²) in [5.74, 6) is -2.01. The fourth-order valence-electron chi connectivity index (χ4n) is 2.56. The first-order valence-corrected chi connectivity index (χ1v) is 6.75. The van der Waals surface area contributed by atoms with Crippen LogP contribution < -0.4 is 10.6 Å². The normalized spacial score (nSPS) is 18.9. The highest BCUT2D eigenvalue weighted by Crippen LogP contribution is 2.27. The van der Waals surface area contributed by atoms with Crippen molar-refractivity contribution in [3.63, 3.8) is 0 Å². The third-order valence-corrected chi connectivity index (χ3v) is 3.49. The Labute approximate surface area is 121 Å². The number of carbonyl (C=O) groups is 2. The van der Waals surface area contributed by atoms with Crippen molar-refractivity contribution < 1.29 is 19.1 Å². The fourth-order valence-corrected chi connectivity index (χ4v) is 2.56. The van der Waals surface area contributed by atoms with Gasteiger partial charge in [0.05, 0.1) is 0 Å². The van der Waals surface area contributed by atoms with E-state index in [1.54, 1.807) is 11.0 Å². The van der Waals surface area contributed by atoms with Crippen LogP contribution in [0.25, 0.3) is 6.08 Å². The Morgan fingerprint density at radius 2 is 2.10 bits per heavy atom. The van der Waals surface area contributed by atoms with Gasteiger partial charge >= 0.3 is 5.97 Å². The molecule has 1 amide bonds. The van der Waals surface area contributed by atoms with Crippen LogP contribution in [-0.2, 0) is 9.59 Å². The molecule has 0 radical (unpaired) electrons. The van der Waals surface area contributed by atoms with Crippen LogP contribution >= 0.6 is 0 Å². The average molecular weight is 292 g/mol. The second-order valence-corrected chi connectivity index (χ2v) is 5.02. The van der Waals surface area contributed by atoms with E-state index in [0.717, 1.165) is 18.9 Å². The predicted molar refractivity (Wildman–Crippen MR) is 77.2 cm³/mol. The summed E-state index contributed by atoms with van der Waals surface area (Å²) in [6.07, 6.45) is 4.72. The van der Waals surface area contributed by atoms with Gasteiger partial charge in [0.1, 0.15) is 11.9 Å². The Bertz CT molecular complexity index is 586. The number of halogens is 1. The third kappa shape index (κ3) is 3.81. The van der Waals surface area contributed by atoms with Gasteiger partial charge < -0.3 is 15.7 Å². The van der Waals surface area contributed by atoms with Crippen LogP contribution in [0.4, 0.5) is 10.1 Å². The highest BCUT2D eigenvalue weighted by atomic mass is 19.1. The van der Waals surface area contributed by atoms with Gasteiger partial charge in [-0.3, -0.25) is 4.79 Å². The zero-order chi connectivity index (χ0) is 15.4. The zero-order valence-electron chi connectivity index (χ0n) is 11.5. The second-order valence-electron chi connectivity index (χ2n) is 5.02. The van der Waals surface area contributed by atoms with Gasteiger partial charge in [-0.2, -0.15) is 0 Å². The van der Waals surface area contributed by atoms with E-state index in [0.29, 0.717) is 24.2 Å². The number of benzene rings is 1. The van der Waals surface area contributed by atoms with Crippen LogP contribution in [-0.4, -0.2) is 29.6 Å². The van der Waals surface area contributed by atoms with Gasteiger partial charge in [0.2, 0.25) is 5.91 Å². The largest absolute Gasteiger partial charge is 0.478 e. The molecule has 112 valence electrons. The van der Waals surface area contributed by atoms with Crippen molar-refractivity contribution in [1.29, 1.82) is 0 Å². The maximum atomic E-state index is 13.7. The lowest BCUT2D eigenvalue weighted by Gasteiger charge is -2.35. The number of aliphatic carboxylic acids is 1. The van der Waals surface area contributed by atoms with E-state index in [2.05, 4.69) is 0 Å². The number of nitrogens with zero attached hydrogens (tertiary/aromatic N) is 1. The van der Waals surface area contributed by atoms with Gasteiger partial charge in [0.25, 0.3) is 0 Å². The van der Waals surface area contributed by atoms with Gasteiger partial charge in [-0.15, -0.1) is 0 Å². The molecule has 1 aromatic carbocycles. The van der Waals surface area contributed by atoms with Crippen molar-refractivity contribution in [3.8, 4) is 0 Å². The molecule has 0 bridgehead atoms. The standard InChI is InChI=1S/C15H17FN2O3/c16-11-7-10(4-5-14(19)20)8-12(9-11)18-6-2-1-3-13(18)15(17)21/h4-5,7-9,13H,1-3,6H2,(H2,17,21)(H,19,20)/b5-4+. The van der Waals surface area contributed by atoms with Crippen LogP contribution in [0.15, 0.2) is 24.3 Å². The molecule has 1 aliphatic heterocycles. The molecule has 6 heteroatoms. The lowest BCUT2D eigenvalue weighted by Crippen LogP contribution is -2.47. The summed E-state index contributed by atoms with van der Waals surface area (Å²) in [5.41, 5.74) is 6.38. The van der Waals surface area contributed by atoms with Crippen LogP contribution in [0.5, 0.6) is 0 Å². The first-order chi connectivity index (χ1) is 9.97. The van der Waals surface area contributed by atoms with E-state index in [4.69, 9.17) is 10.8 Å². The van der Waals surface area contributed by atoms with Gasteiger partial charge in [0.15, 0.2) is 0 Å². The van der Waals surface area contributed by atoms with Crippen molar-refractivity contribution in [1.82, 2.24) is 0 Å². The molecule has 21 heavy (non-hydrogen) atoms. The van der Waals surface area contributed by atoms with E-state index in [-0.39, 0.29) is 0 Å². The Kier molecular flexibility index (Phi) is 4.57. The molecule has 1 fully saturated rings. The summed E-state index contributed by atoms with van der Waals surface area (Å²) in [4.78, 5) is 23.8. The molecular formula is C15H17FN2O3. The molecule has 0 spiro atoms. The highest BCUT2D eigenvalue weighted by molar-refractivity contribution is 5.86. The molecule has 0 aromatic heterocycles. The Balaban J connectivity index is 2.33. The van der Waals surface area contributed by atoms with Crippen molar-refractivity contribution in [3.05, 3.63) is 35.7 Å². The molecule has 1 unspecified atom stereocenters. The van der Waals surface area contributed by atoms with E-state index >= 15 is 0 Å². The maximum Gasteiger partial charge on any atom is 0.328 e. The lowest BCUT2D eigenvalue weighted by atomic mass is 10.00. The molecule has 0 aliphatic carbocycles. The number of primary amides is 1. The van der Waals surface area contributed by atoms with E-state index in [9.17, 15) is 14.0 Å². The Morgan fingerprint density at radius 1 is 1.33 bits per heavy atom. The third-order valence-electron chi connectivity index (χ3n) is 3.49. The molecule has 3 N–H and O–H groups in total. The van der Waals surface area contributed by atoms with Crippen molar-refractivity contribution in [2.45, 2.75) is 25.3 Å². The van der Waals surface area contributed by atoms with E-state index < -0.39 is 23.7 Å². The van der Waals surface area contributed by atoms with Crippen LogP contribution in [0, 0.1) is 5.82 Å². The summed E-state index contributed by atoms with van der Waals surface area (Å²) < 4.78 is 13.7. The number of hydrogen-bond donors (Lipinski definition) is 2. The number of nitrogens with two attached hydrogens (primary N) is 1. The molecule has 1 saturated heterocycles. The smallest absolute Gasteiger partial charge is 0.328 e. The van der Waals surface area contributed by atoms with Gasteiger partial charge in [-0.05, 0) is 49.1 Å². The molecule has 1 heterocycles. The number of carbonyl (C=O) groups excluding carboxylic acids is 1. The molecule has 1 aliphatic rings. The molecule has 5 nitrogen and oxygen atoms in total. The Morgan fingerprint density at radius 3 is 2.76 bits per heavy atom. The first-order valence-electron chi connectivity index (χ1n) is 6.75. The Hall–Kier alpha value is -2.37. The summed E-state index contributed by atoms with van der Waals surface area (Å²) in [6.45, 7) is 0.624.